The van der Waals surface area contributed by atoms with Gasteiger partial charge in [-0.15, -0.1) is 0 Å². The monoisotopic (exact) mass is 405 g/mol. The summed E-state index contributed by atoms with van der Waals surface area (Å²) in [6, 6.07) is 12.8. The van der Waals surface area contributed by atoms with Crippen LogP contribution in [0.3, 0.4) is 0 Å². The Morgan fingerprint density at radius 2 is 1.67 bits per heavy atom. The molecule has 1 aliphatic carbocycles. The summed E-state index contributed by atoms with van der Waals surface area (Å²) in [5.74, 6) is -0.457. The number of anilines is 1. The average molecular weight is 405 g/mol. The van der Waals surface area contributed by atoms with Gasteiger partial charge in [-0.1, -0.05) is 49.1 Å². The van der Waals surface area contributed by atoms with Gasteiger partial charge >= 0.3 is 6.03 Å². The molecule has 0 atom stereocenters. The molecule has 4 amide bonds. The fourth-order valence-corrected chi connectivity index (χ4v) is 4.26. The standard InChI is InChI=1S/C24H27N3O3/c1-16-7-9-17(10-8-16)13-14-25-24(30)26-18-11-12-20-21(15-18)23(29)27(22(20)28)19-5-3-2-4-6-19/h7-12,15,19H,2-6,13-14H2,1H3,(H2,25,26,30). The molecule has 0 saturated heterocycles. The second kappa shape index (κ2) is 8.69. The molecule has 1 aliphatic heterocycles. The van der Waals surface area contributed by atoms with E-state index in [4.69, 9.17) is 0 Å². The Balaban J connectivity index is 1.36. The lowest BCUT2D eigenvalue weighted by molar-refractivity contribution is 0.0549. The van der Waals surface area contributed by atoms with Crippen LogP contribution in [0.4, 0.5) is 10.5 Å². The van der Waals surface area contributed by atoms with Crippen LogP contribution in [-0.2, 0) is 6.42 Å². The number of hydrogen-bond donors (Lipinski definition) is 2. The number of nitrogens with zero attached hydrogens (tertiary/aromatic N) is 1. The zero-order chi connectivity index (χ0) is 21.1. The molecule has 2 aromatic carbocycles. The largest absolute Gasteiger partial charge is 0.338 e. The molecule has 0 bridgehead atoms. The third-order valence-corrected chi connectivity index (χ3v) is 5.94. The van der Waals surface area contributed by atoms with Crippen molar-refractivity contribution in [1.29, 1.82) is 0 Å². The molecule has 6 heteroatoms. The number of urea groups is 1. The second-order valence-electron chi connectivity index (χ2n) is 8.15. The SMILES string of the molecule is Cc1ccc(CCNC(=O)Nc2ccc3c(c2)C(=O)N(C2CCCCC2)C3=O)cc1. The molecule has 6 nitrogen and oxygen atoms in total. The Morgan fingerprint density at radius 3 is 2.40 bits per heavy atom. The molecule has 1 saturated carbocycles. The highest BCUT2D eigenvalue weighted by Crippen LogP contribution is 2.32. The summed E-state index contributed by atoms with van der Waals surface area (Å²) in [5.41, 5.74) is 3.67. The maximum absolute atomic E-state index is 12.9. The Labute approximate surface area is 176 Å². The summed E-state index contributed by atoms with van der Waals surface area (Å²) < 4.78 is 0. The van der Waals surface area contributed by atoms with E-state index >= 15 is 0 Å². The average Bonchev–Trinajstić information content (AvgIpc) is 3.00. The van der Waals surface area contributed by atoms with Gasteiger partial charge in [0.05, 0.1) is 11.1 Å². The molecular formula is C24H27N3O3. The maximum atomic E-state index is 12.9. The lowest BCUT2D eigenvalue weighted by Crippen LogP contribution is -2.40. The topological polar surface area (TPSA) is 78.5 Å². The van der Waals surface area contributed by atoms with Gasteiger partial charge in [0.2, 0.25) is 0 Å². The molecule has 2 aliphatic rings. The van der Waals surface area contributed by atoms with Crippen molar-refractivity contribution in [2.45, 2.75) is 51.5 Å². The van der Waals surface area contributed by atoms with Crippen molar-refractivity contribution < 1.29 is 14.4 Å². The number of nitrogens with one attached hydrogen (secondary N) is 2. The van der Waals surface area contributed by atoms with Crippen molar-refractivity contribution in [3.8, 4) is 0 Å². The molecule has 1 fully saturated rings. The number of aryl methyl sites for hydroxylation is 1. The Hall–Kier alpha value is -3.15. The van der Waals surface area contributed by atoms with Crippen molar-refractivity contribution >= 4 is 23.5 Å². The molecule has 0 aromatic heterocycles. The van der Waals surface area contributed by atoms with E-state index in [0.29, 0.717) is 23.4 Å². The van der Waals surface area contributed by atoms with Crippen molar-refractivity contribution in [2.24, 2.45) is 0 Å². The highest BCUT2D eigenvalue weighted by molar-refractivity contribution is 6.22. The van der Waals surface area contributed by atoms with Gasteiger partial charge in [0.1, 0.15) is 0 Å². The van der Waals surface area contributed by atoms with E-state index in [-0.39, 0.29) is 23.9 Å². The molecule has 0 unspecified atom stereocenters. The number of carbonyl (C=O) groups excluding carboxylic acids is 3. The van der Waals surface area contributed by atoms with E-state index < -0.39 is 0 Å². The molecule has 0 spiro atoms. The number of amides is 4. The van der Waals surface area contributed by atoms with Crippen molar-refractivity contribution in [2.75, 3.05) is 11.9 Å². The third-order valence-electron chi connectivity index (χ3n) is 5.94. The third kappa shape index (κ3) is 4.22. The lowest BCUT2D eigenvalue weighted by Gasteiger charge is -2.29. The van der Waals surface area contributed by atoms with Crippen LogP contribution in [-0.4, -0.2) is 35.3 Å². The summed E-state index contributed by atoms with van der Waals surface area (Å²) in [4.78, 5) is 39.3. The fourth-order valence-electron chi connectivity index (χ4n) is 4.26. The molecule has 2 N–H and O–H groups in total. The Morgan fingerprint density at radius 1 is 0.967 bits per heavy atom. The van der Waals surface area contributed by atoms with E-state index in [9.17, 15) is 14.4 Å². The normalized spacial score (nSPS) is 16.5. The predicted octanol–water partition coefficient (Wildman–Crippen LogP) is 4.29. The summed E-state index contributed by atoms with van der Waals surface area (Å²) in [6.07, 6.45) is 5.75. The number of benzene rings is 2. The number of imide groups is 1. The first-order chi connectivity index (χ1) is 14.5. The molecule has 30 heavy (non-hydrogen) atoms. The zero-order valence-corrected chi connectivity index (χ0v) is 17.2. The molecule has 0 radical (unpaired) electrons. The summed E-state index contributed by atoms with van der Waals surface area (Å²) in [7, 11) is 0. The zero-order valence-electron chi connectivity index (χ0n) is 17.2. The highest BCUT2D eigenvalue weighted by Gasteiger charge is 2.40. The van der Waals surface area contributed by atoms with E-state index in [1.807, 2.05) is 6.92 Å². The summed E-state index contributed by atoms with van der Waals surface area (Å²) in [5, 5.41) is 5.59. The molecule has 2 aromatic rings. The van der Waals surface area contributed by atoms with Gasteiger partial charge in [0.15, 0.2) is 0 Å². The first-order valence-corrected chi connectivity index (χ1v) is 10.7. The van der Waals surface area contributed by atoms with Crippen molar-refractivity contribution in [1.82, 2.24) is 10.2 Å². The minimum atomic E-state index is -0.331. The number of fused-ring (bicyclic) bond motifs is 1. The second-order valence-corrected chi connectivity index (χ2v) is 8.15. The van der Waals surface area contributed by atoms with Crippen molar-refractivity contribution in [3.05, 3.63) is 64.7 Å². The Kier molecular flexibility index (Phi) is 5.84. The lowest BCUT2D eigenvalue weighted by atomic mass is 9.94. The fraction of sp³-hybridized carbons (Fsp3) is 0.375. The first kappa shape index (κ1) is 20.1. The van der Waals surface area contributed by atoms with Gasteiger partial charge in [0, 0.05) is 18.3 Å². The number of carbonyl (C=O) groups is 3. The van der Waals surface area contributed by atoms with Gasteiger partial charge in [-0.25, -0.2) is 4.79 Å². The minimum Gasteiger partial charge on any atom is -0.338 e. The smallest absolute Gasteiger partial charge is 0.319 e. The Bertz CT molecular complexity index is 962. The van der Waals surface area contributed by atoms with Crippen LogP contribution >= 0.6 is 0 Å². The van der Waals surface area contributed by atoms with Crippen LogP contribution in [0.2, 0.25) is 0 Å². The van der Waals surface area contributed by atoms with Crippen molar-refractivity contribution in [3.63, 3.8) is 0 Å². The quantitative estimate of drug-likeness (QED) is 0.729. The first-order valence-electron chi connectivity index (χ1n) is 10.7. The van der Waals surface area contributed by atoms with E-state index in [1.165, 1.54) is 10.5 Å². The van der Waals surface area contributed by atoms with Crippen LogP contribution in [0.15, 0.2) is 42.5 Å². The molecule has 1 heterocycles. The summed E-state index contributed by atoms with van der Waals surface area (Å²) >= 11 is 0. The van der Waals surface area contributed by atoms with Crippen LogP contribution in [0, 0.1) is 6.92 Å². The van der Waals surface area contributed by atoms with Crippen LogP contribution in [0.5, 0.6) is 0 Å². The van der Waals surface area contributed by atoms with E-state index in [1.54, 1.807) is 18.2 Å². The van der Waals surface area contributed by atoms with E-state index in [0.717, 1.165) is 44.1 Å². The number of hydrogen-bond acceptors (Lipinski definition) is 3. The molecule has 4 rings (SSSR count). The number of rotatable bonds is 5. The van der Waals surface area contributed by atoms with Gasteiger partial charge in [0.25, 0.3) is 11.8 Å². The molecular weight excluding hydrogens is 378 g/mol. The minimum absolute atomic E-state index is 0.00682. The summed E-state index contributed by atoms with van der Waals surface area (Å²) in [6.45, 7) is 2.55. The van der Waals surface area contributed by atoms with Gasteiger partial charge in [-0.05, 0) is 49.9 Å². The van der Waals surface area contributed by atoms with Gasteiger partial charge < -0.3 is 10.6 Å². The van der Waals surface area contributed by atoms with Gasteiger partial charge in [-0.2, -0.15) is 0 Å². The van der Waals surface area contributed by atoms with Crippen LogP contribution in [0.25, 0.3) is 0 Å². The highest BCUT2D eigenvalue weighted by atomic mass is 16.2. The van der Waals surface area contributed by atoms with Gasteiger partial charge in [-0.3, -0.25) is 14.5 Å². The van der Waals surface area contributed by atoms with Crippen LogP contribution in [0.1, 0.15) is 63.9 Å². The molecule has 156 valence electrons. The predicted molar refractivity (Wildman–Crippen MR) is 116 cm³/mol. The maximum Gasteiger partial charge on any atom is 0.319 e. The van der Waals surface area contributed by atoms with Crippen LogP contribution < -0.4 is 10.6 Å². The van der Waals surface area contributed by atoms with E-state index in [2.05, 4.69) is 34.9 Å².